The third-order valence-electron chi connectivity index (χ3n) is 5.82. The zero-order valence-corrected chi connectivity index (χ0v) is 14.8. The third kappa shape index (κ3) is 3.30. The van der Waals surface area contributed by atoms with Crippen molar-refractivity contribution < 1.29 is 4.79 Å². The van der Waals surface area contributed by atoms with Crippen molar-refractivity contribution >= 4 is 11.6 Å². The number of piperidine rings is 1. The van der Waals surface area contributed by atoms with E-state index in [1.807, 2.05) is 12.1 Å². The Labute approximate surface area is 145 Å². The summed E-state index contributed by atoms with van der Waals surface area (Å²) in [6.45, 7) is 7.41. The van der Waals surface area contributed by atoms with Gasteiger partial charge in [0.25, 0.3) is 5.91 Å². The summed E-state index contributed by atoms with van der Waals surface area (Å²) >= 11 is 0. The highest BCUT2D eigenvalue weighted by atomic mass is 16.2. The number of benzene rings is 1. The van der Waals surface area contributed by atoms with Crippen molar-refractivity contribution in [3.05, 3.63) is 29.8 Å². The number of rotatable bonds is 3. The average Bonchev–Trinajstić information content (AvgIpc) is 3.47. The van der Waals surface area contributed by atoms with Crippen LogP contribution in [-0.2, 0) is 0 Å². The fourth-order valence-electron chi connectivity index (χ4n) is 4.19. The fourth-order valence-corrected chi connectivity index (χ4v) is 4.19. The van der Waals surface area contributed by atoms with Gasteiger partial charge in [-0.1, -0.05) is 0 Å². The van der Waals surface area contributed by atoms with E-state index in [0.717, 1.165) is 44.3 Å². The van der Waals surface area contributed by atoms with Crippen LogP contribution >= 0.6 is 0 Å². The lowest BCUT2D eigenvalue weighted by molar-refractivity contribution is 0.0474. The standard InChI is InChI=1S/C20H29N3O/c1-16-15-22(19-9-10-19)13-14-23(16)20(24)17-5-7-18(8-6-17)21-11-3-2-4-12-21/h5-8,16,19H,2-4,9-15H2,1H3. The van der Waals surface area contributed by atoms with E-state index < -0.39 is 0 Å². The Bertz CT molecular complexity index is 575. The topological polar surface area (TPSA) is 26.8 Å². The van der Waals surface area contributed by atoms with E-state index in [1.54, 1.807) is 0 Å². The van der Waals surface area contributed by atoms with E-state index in [4.69, 9.17) is 0 Å². The molecule has 1 atom stereocenters. The summed E-state index contributed by atoms with van der Waals surface area (Å²) in [5, 5.41) is 0. The number of hydrogen-bond acceptors (Lipinski definition) is 3. The van der Waals surface area contributed by atoms with Gasteiger partial charge in [0.1, 0.15) is 0 Å². The van der Waals surface area contributed by atoms with Crippen molar-refractivity contribution in [3.63, 3.8) is 0 Å². The van der Waals surface area contributed by atoms with Gasteiger partial charge in [0.05, 0.1) is 0 Å². The van der Waals surface area contributed by atoms with Crippen molar-refractivity contribution in [2.24, 2.45) is 0 Å². The van der Waals surface area contributed by atoms with Crippen LogP contribution in [0.4, 0.5) is 5.69 Å². The lowest BCUT2D eigenvalue weighted by Gasteiger charge is -2.40. The summed E-state index contributed by atoms with van der Waals surface area (Å²) in [5.74, 6) is 0.197. The highest BCUT2D eigenvalue weighted by molar-refractivity contribution is 5.94. The molecule has 0 spiro atoms. The number of amides is 1. The molecule has 130 valence electrons. The van der Waals surface area contributed by atoms with Crippen LogP contribution in [0.2, 0.25) is 0 Å². The predicted molar refractivity (Wildman–Crippen MR) is 97.6 cm³/mol. The molecule has 2 heterocycles. The molecule has 24 heavy (non-hydrogen) atoms. The molecule has 4 rings (SSSR count). The third-order valence-corrected chi connectivity index (χ3v) is 5.82. The molecule has 4 nitrogen and oxygen atoms in total. The molecule has 1 aromatic carbocycles. The first kappa shape index (κ1) is 15.9. The second-order valence-corrected chi connectivity index (χ2v) is 7.67. The molecule has 1 aromatic rings. The lowest BCUT2D eigenvalue weighted by atomic mass is 10.1. The number of carbonyl (C=O) groups excluding carboxylic acids is 1. The first-order chi connectivity index (χ1) is 11.7. The number of hydrogen-bond donors (Lipinski definition) is 0. The predicted octanol–water partition coefficient (Wildman–Crippen LogP) is 2.99. The minimum absolute atomic E-state index is 0.197. The molecule has 1 saturated carbocycles. The monoisotopic (exact) mass is 327 g/mol. The molecule has 3 fully saturated rings. The molecule has 1 aliphatic carbocycles. The van der Waals surface area contributed by atoms with E-state index in [9.17, 15) is 4.79 Å². The van der Waals surface area contributed by atoms with Gasteiger partial charge in [0.2, 0.25) is 0 Å². The Morgan fingerprint density at radius 3 is 2.29 bits per heavy atom. The summed E-state index contributed by atoms with van der Waals surface area (Å²) in [7, 11) is 0. The molecule has 0 N–H and O–H groups in total. The van der Waals surface area contributed by atoms with Gasteiger partial charge < -0.3 is 9.80 Å². The molecule has 1 amide bonds. The quantitative estimate of drug-likeness (QED) is 0.854. The molecular weight excluding hydrogens is 298 g/mol. The zero-order chi connectivity index (χ0) is 16.5. The second kappa shape index (κ2) is 6.75. The summed E-state index contributed by atoms with van der Waals surface area (Å²) in [6, 6.07) is 9.41. The first-order valence-electron chi connectivity index (χ1n) is 9.62. The van der Waals surface area contributed by atoms with Gasteiger partial charge in [0.15, 0.2) is 0 Å². The number of nitrogens with zero attached hydrogens (tertiary/aromatic N) is 3. The smallest absolute Gasteiger partial charge is 0.254 e. The Kier molecular flexibility index (Phi) is 4.49. The van der Waals surface area contributed by atoms with Gasteiger partial charge in [0, 0.05) is 56.1 Å². The Balaban J connectivity index is 1.40. The van der Waals surface area contributed by atoms with Crippen molar-refractivity contribution in [2.75, 3.05) is 37.6 Å². The normalized spacial score (nSPS) is 25.8. The van der Waals surface area contributed by atoms with Gasteiger partial charge in [-0.05, 0) is 63.3 Å². The van der Waals surface area contributed by atoms with Crippen LogP contribution in [0.15, 0.2) is 24.3 Å². The van der Waals surface area contributed by atoms with Crippen molar-refractivity contribution in [2.45, 2.75) is 51.1 Å². The SMILES string of the molecule is CC1CN(C2CC2)CCN1C(=O)c1ccc(N2CCCCC2)cc1. The summed E-state index contributed by atoms with van der Waals surface area (Å²) < 4.78 is 0. The van der Waals surface area contributed by atoms with Crippen molar-refractivity contribution in [3.8, 4) is 0 Å². The molecule has 0 aromatic heterocycles. The molecule has 0 radical (unpaired) electrons. The fraction of sp³-hybridized carbons (Fsp3) is 0.650. The minimum atomic E-state index is 0.197. The largest absolute Gasteiger partial charge is 0.372 e. The van der Waals surface area contributed by atoms with Crippen LogP contribution in [0.3, 0.4) is 0 Å². The summed E-state index contributed by atoms with van der Waals surface area (Å²) in [4.78, 5) is 20.0. The van der Waals surface area contributed by atoms with Crippen LogP contribution < -0.4 is 4.90 Å². The highest BCUT2D eigenvalue weighted by Gasteiger charge is 2.35. The lowest BCUT2D eigenvalue weighted by Crippen LogP contribution is -2.54. The van der Waals surface area contributed by atoms with E-state index in [0.29, 0.717) is 6.04 Å². The molecule has 2 aliphatic heterocycles. The summed E-state index contributed by atoms with van der Waals surface area (Å²) in [6.07, 6.45) is 6.60. The number of carbonyl (C=O) groups is 1. The van der Waals surface area contributed by atoms with Gasteiger partial charge in [-0.15, -0.1) is 0 Å². The van der Waals surface area contributed by atoms with Gasteiger partial charge in [-0.2, -0.15) is 0 Å². The van der Waals surface area contributed by atoms with Crippen molar-refractivity contribution in [1.29, 1.82) is 0 Å². The summed E-state index contributed by atoms with van der Waals surface area (Å²) in [5.41, 5.74) is 2.10. The maximum atomic E-state index is 12.9. The van der Waals surface area contributed by atoms with Gasteiger partial charge in [-0.3, -0.25) is 9.69 Å². The molecule has 1 unspecified atom stereocenters. The highest BCUT2D eigenvalue weighted by Crippen LogP contribution is 2.29. The van der Waals surface area contributed by atoms with E-state index >= 15 is 0 Å². The van der Waals surface area contributed by atoms with Crippen LogP contribution in [0.5, 0.6) is 0 Å². The molecule has 0 bridgehead atoms. The maximum Gasteiger partial charge on any atom is 0.254 e. The minimum Gasteiger partial charge on any atom is -0.372 e. The number of piperazine rings is 1. The molecule has 4 heteroatoms. The Hall–Kier alpha value is -1.55. The van der Waals surface area contributed by atoms with Crippen LogP contribution in [0.25, 0.3) is 0 Å². The Morgan fingerprint density at radius 1 is 0.958 bits per heavy atom. The van der Waals surface area contributed by atoms with Crippen LogP contribution in [-0.4, -0.2) is 60.5 Å². The van der Waals surface area contributed by atoms with Crippen molar-refractivity contribution in [1.82, 2.24) is 9.80 Å². The van der Waals surface area contributed by atoms with Crippen LogP contribution in [0.1, 0.15) is 49.4 Å². The average molecular weight is 327 g/mol. The number of anilines is 1. The van der Waals surface area contributed by atoms with Gasteiger partial charge >= 0.3 is 0 Å². The van der Waals surface area contributed by atoms with E-state index in [-0.39, 0.29) is 5.91 Å². The molecular formula is C20H29N3O. The first-order valence-corrected chi connectivity index (χ1v) is 9.62. The van der Waals surface area contributed by atoms with Gasteiger partial charge in [-0.25, -0.2) is 0 Å². The molecule has 2 saturated heterocycles. The van der Waals surface area contributed by atoms with E-state index in [2.05, 4.69) is 33.8 Å². The molecule has 3 aliphatic rings. The Morgan fingerprint density at radius 2 is 1.67 bits per heavy atom. The second-order valence-electron chi connectivity index (χ2n) is 7.67. The van der Waals surface area contributed by atoms with Crippen LogP contribution in [0, 0.1) is 0 Å². The van der Waals surface area contributed by atoms with E-state index in [1.165, 1.54) is 37.8 Å². The maximum absolute atomic E-state index is 12.9. The zero-order valence-electron chi connectivity index (χ0n) is 14.8.